The van der Waals surface area contributed by atoms with Gasteiger partial charge in [0.2, 0.25) is 0 Å². The Morgan fingerprint density at radius 3 is 2.75 bits per heavy atom. The molecule has 0 unspecified atom stereocenters. The number of fused-ring (bicyclic) bond motifs is 1. The average Bonchev–Trinajstić information content (AvgIpc) is 2.99. The van der Waals surface area contributed by atoms with E-state index in [0.29, 0.717) is 5.69 Å². The molecule has 4 rings (SSSR count). The summed E-state index contributed by atoms with van der Waals surface area (Å²) in [5.74, 6) is -0.957. The number of hydrogen-bond acceptors (Lipinski definition) is 3. The SMILES string of the molecule is Cc1cc(C=Nc2cccc(C(=O)O)c2)c(C)n1-c1ccc2ncccc2c1. The third-order valence-electron chi connectivity index (χ3n) is 4.76. The van der Waals surface area contributed by atoms with Gasteiger partial charge in [0, 0.05) is 40.4 Å². The number of carboxylic acids is 1. The second-order valence-corrected chi connectivity index (χ2v) is 6.66. The van der Waals surface area contributed by atoms with Gasteiger partial charge in [0.1, 0.15) is 0 Å². The Kier molecular flexibility index (Phi) is 4.49. The van der Waals surface area contributed by atoms with E-state index < -0.39 is 5.97 Å². The number of pyridine rings is 1. The molecule has 0 saturated carbocycles. The fourth-order valence-corrected chi connectivity index (χ4v) is 3.38. The van der Waals surface area contributed by atoms with Crippen molar-refractivity contribution in [1.82, 2.24) is 9.55 Å². The number of rotatable bonds is 4. The van der Waals surface area contributed by atoms with Crippen LogP contribution in [0, 0.1) is 13.8 Å². The summed E-state index contributed by atoms with van der Waals surface area (Å²) < 4.78 is 2.18. The Labute approximate surface area is 162 Å². The molecule has 0 amide bonds. The van der Waals surface area contributed by atoms with Crippen molar-refractivity contribution in [3.8, 4) is 5.69 Å². The van der Waals surface area contributed by atoms with Crippen molar-refractivity contribution < 1.29 is 9.90 Å². The molecule has 2 aromatic carbocycles. The Bertz CT molecular complexity index is 1220. The van der Waals surface area contributed by atoms with Crippen molar-refractivity contribution in [3.63, 3.8) is 0 Å². The molecule has 28 heavy (non-hydrogen) atoms. The van der Waals surface area contributed by atoms with Crippen LogP contribution in [0.3, 0.4) is 0 Å². The van der Waals surface area contributed by atoms with E-state index in [0.717, 1.165) is 33.5 Å². The lowest BCUT2D eigenvalue weighted by Gasteiger charge is -2.10. The number of aromatic nitrogens is 2. The van der Waals surface area contributed by atoms with E-state index in [1.165, 1.54) is 0 Å². The van der Waals surface area contributed by atoms with E-state index in [-0.39, 0.29) is 5.56 Å². The summed E-state index contributed by atoms with van der Waals surface area (Å²) in [5, 5.41) is 10.2. The highest BCUT2D eigenvalue weighted by Gasteiger charge is 2.10. The Hall–Kier alpha value is -3.73. The van der Waals surface area contributed by atoms with E-state index >= 15 is 0 Å². The van der Waals surface area contributed by atoms with Crippen LogP contribution in [-0.4, -0.2) is 26.8 Å². The molecule has 0 spiro atoms. The molecule has 0 radical (unpaired) electrons. The largest absolute Gasteiger partial charge is 0.478 e. The minimum absolute atomic E-state index is 0.227. The van der Waals surface area contributed by atoms with Crippen molar-refractivity contribution in [2.24, 2.45) is 4.99 Å². The first-order valence-electron chi connectivity index (χ1n) is 8.94. The number of carboxylic acid groups (broad SMARTS) is 1. The molecule has 0 saturated heterocycles. The van der Waals surface area contributed by atoms with Gasteiger partial charge in [0.05, 0.1) is 16.8 Å². The fraction of sp³-hybridized carbons (Fsp3) is 0.0870. The van der Waals surface area contributed by atoms with E-state index in [9.17, 15) is 4.79 Å². The maximum absolute atomic E-state index is 11.1. The van der Waals surface area contributed by atoms with Crippen LogP contribution < -0.4 is 0 Å². The maximum atomic E-state index is 11.1. The van der Waals surface area contributed by atoms with Gasteiger partial charge in [-0.05, 0) is 62.4 Å². The van der Waals surface area contributed by atoms with Crippen LogP contribution in [0.4, 0.5) is 5.69 Å². The molecule has 5 heteroatoms. The number of nitrogens with zero attached hydrogens (tertiary/aromatic N) is 3. The van der Waals surface area contributed by atoms with Crippen LogP contribution in [0.5, 0.6) is 0 Å². The van der Waals surface area contributed by atoms with Crippen molar-refractivity contribution >= 4 is 28.8 Å². The second-order valence-electron chi connectivity index (χ2n) is 6.66. The number of aromatic carboxylic acids is 1. The van der Waals surface area contributed by atoms with E-state index in [1.54, 1.807) is 36.7 Å². The van der Waals surface area contributed by atoms with Gasteiger partial charge >= 0.3 is 5.97 Å². The summed E-state index contributed by atoms with van der Waals surface area (Å²) in [6.45, 7) is 4.11. The Balaban J connectivity index is 1.71. The van der Waals surface area contributed by atoms with Crippen LogP contribution in [-0.2, 0) is 0 Å². The molecular weight excluding hydrogens is 350 g/mol. The van der Waals surface area contributed by atoms with Crippen LogP contribution in [0.1, 0.15) is 27.3 Å². The molecule has 4 aromatic rings. The standard InChI is InChI=1S/C23H19N3O2/c1-15-11-19(14-25-20-7-3-5-18(12-20)23(27)28)16(2)26(15)21-8-9-22-17(13-21)6-4-10-24-22/h3-14H,1-2H3,(H,27,28). The molecule has 5 nitrogen and oxygen atoms in total. The van der Waals surface area contributed by atoms with Gasteiger partial charge in [-0.3, -0.25) is 9.98 Å². The van der Waals surface area contributed by atoms with Crippen LogP contribution in [0.15, 0.2) is 71.9 Å². The average molecular weight is 369 g/mol. The first-order valence-corrected chi connectivity index (χ1v) is 8.94. The predicted octanol–water partition coefficient (Wildman–Crippen LogP) is 5.09. The minimum atomic E-state index is -0.957. The van der Waals surface area contributed by atoms with Gasteiger partial charge in [0.25, 0.3) is 0 Å². The van der Waals surface area contributed by atoms with E-state index in [4.69, 9.17) is 5.11 Å². The third kappa shape index (κ3) is 3.30. The highest BCUT2D eigenvalue weighted by Crippen LogP contribution is 2.23. The molecule has 138 valence electrons. The number of hydrogen-bond donors (Lipinski definition) is 1. The summed E-state index contributed by atoms with van der Waals surface area (Å²) in [4.78, 5) is 20.0. The summed E-state index contributed by atoms with van der Waals surface area (Å²) >= 11 is 0. The number of benzene rings is 2. The smallest absolute Gasteiger partial charge is 0.335 e. The molecule has 0 bridgehead atoms. The predicted molar refractivity (Wildman–Crippen MR) is 111 cm³/mol. The maximum Gasteiger partial charge on any atom is 0.335 e. The topological polar surface area (TPSA) is 67.5 Å². The molecule has 0 aliphatic carbocycles. The summed E-state index contributed by atoms with van der Waals surface area (Å²) in [6, 6.07) is 18.9. The molecule has 1 N–H and O–H groups in total. The van der Waals surface area contributed by atoms with Crippen LogP contribution in [0.2, 0.25) is 0 Å². The first kappa shape index (κ1) is 17.7. The Morgan fingerprint density at radius 2 is 1.93 bits per heavy atom. The molecule has 0 fully saturated rings. The van der Waals surface area contributed by atoms with Gasteiger partial charge in [0.15, 0.2) is 0 Å². The zero-order valence-corrected chi connectivity index (χ0v) is 15.6. The third-order valence-corrected chi connectivity index (χ3v) is 4.76. The van der Waals surface area contributed by atoms with Crippen LogP contribution >= 0.6 is 0 Å². The first-order chi connectivity index (χ1) is 13.5. The van der Waals surface area contributed by atoms with Gasteiger partial charge in [-0.25, -0.2) is 4.79 Å². The number of aliphatic imine (C=N–C) groups is 1. The van der Waals surface area contributed by atoms with Crippen molar-refractivity contribution in [1.29, 1.82) is 0 Å². The second kappa shape index (κ2) is 7.12. The highest BCUT2D eigenvalue weighted by molar-refractivity contribution is 5.90. The molecule has 2 aromatic heterocycles. The van der Waals surface area contributed by atoms with Crippen LogP contribution in [0.25, 0.3) is 16.6 Å². The minimum Gasteiger partial charge on any atom is -0.478 e. The lowest BCUT2D eigenvalue weighted by Crippen LogP contribution is -1.99. The monoisotopic (exact) mass is 369 g/mol. The van der Waals surface area contributed by atoms with Gasteiger partial charge in [-0.1, -0.05) is 12.1 Å². The summed E-state index contributed by atoms with van der Waals surface area (Å²) in [7, 11) is 0. The highest BCUT2D eigenvalue weighted by atomic mass is 16.4. The van der Waals surface area contributed by atoms with Gasteiger partial charge in [-0.2, -0.15) is 0 Å². The van der Waals surface area contributed by atoms with Gasteiger partial charge in [-0.15, -0.1) is 0 Å². The number of carbonyl (C=O) groups is 1. The molecule has 2 heterocycles. The number of aryl methyl sites for hydroxylation is 1. The van der Waals surface area contributed by atoms with Crippen molar-refractivity contribution in [3.05, 3.63) is 89.4 Å². The van der Waals surface area contributed by atoms with E-state index in [1.807, 2.05) is 12.1 Å². The lowest BCUT2D eigenvalue weighted by atomic mass is 10.2. The lowest BCUT2D eigenvalue weighted by molar-refractivity contribution is 0.0697. The molecule has 0 aliphatic heterocycles. The quantitative estimate of drug-likeness (QED) is 0.509. The normalized spacial score (nSPS) is 11.4. The van der Waals surface area contributed by atoms with Gasteiger partial charge < -0.3 is 9.67 Å². The van der Waals surface area contributed by atoms with E-state index in [2.05, 4.69) is 52.7 Å². The summed E-state index contributed by atoms with van der Waals surface area (Å²) in [5.41, 5.74) is 6.04. The van der Waals surface area contributed by atoms with Crippen molar-refractivity contribution in [2.45, 2.75) is 13.8 Å². The molecular formula is C23H19N3O2. The fourth-order valence-electron chi connectivity index (χ4n) is 3.38. The summed E-state index contributed by atoms with van der Waals surface area (Å²) in [6.07, 6.45) is 3.57. The Morgan fingerprint density at radius 1 is 1.07 bits per heavy atom. The zero-order valence-electron chi connectivity index (χ0n) is 15.6. The molecule has 0 atom stereocenters. The molecule has 0 aliphatic rings. The van der Waals surface area contributed by atoms with Crippen molar-refractivity contribution in [2.75, 3.05) is 0 Å². The zero-order chi connectivity index (χ0) is 19.7.